The first-order valence-corrected chi connectivity index (χ1v) is 8.02. The van der Waals surface area contributed by atoms with Crippen molar-refractivity contribution in [2.75, 3.05) is 12.8 Å². The molecule has 0 saturated heterocycles. The number of nitrogens with zero attached hydrogens (tertiary/aromatic N) is 1. The second kappa shape index (κ2) is 5.43. The molecular formula is C14H16N2S2. The Balaban J connectivity index is 1.81. The van der Waals surface area contributed by atoms with Crippen molar-refractivity contribution in [1.82, 2.24) is 10.3 Å². The molecule has 94 valence electrons. The molecular weight excluding hydrogens is 260 g/mol. The number of hydrogen-bond acceptors (Lipinski definition) is 4. The van der Waals surface area contributed by atoms with Crippen molar-refractivity contribution in [3.63, 3.8) is 0 Å². The number of hydrogen-bond donors (Lipinski definition) is 1. The van der Waals surface area contributed by atoms with E-state index in [0.29, 0.717) is 12.0 Å². The Labute approximate surface area is 116 Å². The summed E-state index contributed by atoms with van der Waals surface area (Å²) in [5.41, 5.74) is 1.50. The molecule has 2 atom stereocenters. The minimum atomic E-state index is 0.479. The van der Waals surface area contributed by atoms with Gasteiger partial charge in [-0.25, -0.2) is 4.98 Å². The van der Waals surface area contributed by atoms with E-state index in [-0.39, 0.29) is 0 Å². The van der Waals surface area contributed by atoms with Gasteiger partial charge in [0.2, 0.25) is 0 Å². The summed E-state index contributed by atoms with van der Waals surface area (Å²) >= 11 is 3.72. The molecule has 4 heteroatoms. The molecule has 1 aromatic carbocycles. The van der Waals surface area contributed by atoms with E-state index in [9.17, 15) is 0 Å². The first-order valence-electron chi connectivity index (χ1n) is 6.16. The van der Waals surface area contributed by atoms with Gasteiger partial charge in [0.1, 0.15) is 0 Å². The highest BCUT2D eigenvalue weighted by atomic mass is 32.2. The van der Waals surface area contributed by atoms with Crippen LogP contribution in [0.1, 0.15) is 16.5 Å². The van der Waals surface area contributed by atoms with Gasteiger partial charge in [-0.2, -0.15) is 0 Å². The summed E-state index contributed by atoms with van der Waals surface area (Å²) in [5, 5.41) is 6.76. The molecule has 0 amide bonds. The van der Waals surface area contributed by atoms with Crippen molar-refractivity contribution in [3.05, 3.63) is 46.4 Å². The Morgan fingerprint density at radius 2 is 2.33 bits per heavy atom. The SMILES string of the molecule is CNC(Cc1nccs1)C1CSc2ccccc21. The van der Waals surface area contributed by atoms with E-state index in [0.717, 1.165) is 6.42 Å². The van der Waals surface area contributed by atoms with Gasteiger partial charge in [-0.05, 0) is 18.7 Å². The summed E-state index contributed by atoms with van der Waals surface area (Å²) < 4.78 is 0. The molecule has 2 nitrogen and oxygen atoms in total. The van der Waals surface area contributed by atoms with E-state index < -0.39 is 0 Å². The van der Waals surface area contributed by atoms with Gasteiger partial charge in [0.15, 0.2) is 0 Å². The van der Waals surface area contributed by atoms with Crippen LogP contribution in [-0.2, 0) is 6.42 Å². The number of rotatable bonds is 4. The normalized spacial score (nSPS) is 19.7. The molecule has 0 fully saturated rings. The smallest absolute Gasteiger partial charge is 0.0940 e. The molecule has 0 aliphatic carbocycles. The second-order valence-corrected chi connectivity index (χ2v) is 6.52. The van der Waals surface area contributed by atoms with Gasteiger partial charge >= 0.3 is 0 Å². The van der Waals surface area contributed by atoms with Crippen LogP contribution in [0.15, 0.2) is 40.7 Å². The van der Waals surface area contributed by atoms with Crippen LogP contribution in [0, 0.1) is 0 Å². The molecule has 2 aromatic rings. The van der Waals surface area contributed by atoms with Gasteiger partial charge in [0.05, 0.1) is 5.01 Å². The van der Waals surface area contributed by atoms with E-state index >= 15 is 0 Å². The number of thiazole rings is 1. The van der Waals surface area contributed by atoms with Crippen LogP contribution in [0.4, 0.5) is 0 Å². The lowest BCUT2D eigenvalue weighted by Crippen LogP contribution is -2.34. The van der Waals surface area contributed by atoms with Gasteiger partial charge in [-0.15, -0.1) is 23.1 Å². The largest absolute Gasteiger partial charge is 0.316 e. The van der Waals surface area contributed by atoms with Gasteiger partial charge in [-0.3, -0.25) is 0 Å². The predicted octanol–water partition coefficient (Wildman–Crippen LogP) is 3.16. The standard InChI is InChI=1S/C14H16N2S2/c1-15-12(8-14-16-6-7-17-14)11-9-18-13-5-3-2-4-10(11)13/h2-7,11-12,15H,8-9H2,1H3. The Bertz CT molecular complexity index is 510. The average Bonchev–Trinajstić information content (AvgIpc) is 3.05. The molecule has 0 spiro atoms. The summed E-state index contributed by atoms with van der Waals surface area (Å²) in [4.78, 5) is 5.85. The first-order chi connectivity index (χ1) is 8.88. The highest BCUT2D eigenvalue weighted by molar-refractivity contribution is 7.99. The van der Waals surface area contributed by atoms with Crippen LogP contribution in [0.2, 0.25) is 0 Å². The van der Waals surface area contributed by atoms with Crippen molar-refractivity contribution in [2.24, 2.45) is 0 Å². The van der Waals surface area contributed by atoms with Gasteiger partial charge in [-0.1, -0.05) is 18.2 Å². The topological polar surface area (TPSA) is 24.9 Å². The van der Waals surface area contributed by atoms with E-state index in [4.69, 9.17) is 0 Å². The number of thioether (sulfide) groups is 1. The van der Waals surface area contributed by atoms with Gasteiger partial charge in [0, 0.05) is 40.6 Å². The van der Waals surface area contributed by atoms with E-state index in [1.165, 1.54) is 21.2 Å². The fraction of sp³-hybridized carbons (Fsp3) is 0.357. The lowest BCUT2D eigenvalue weighted by molar-refractivity contribution is 0.488. The summed E-state index contributed by atoms with van der Waals surface area (Å²) in [7, 11) is 2.06. The molecule has 1 aliphatic heterocycles. The summed E-state index contributed by atoms with van der Waals surface area (Å²) in [6, 6.07) is 9.26. The minimum absolute atomic E-state index is 0.479. The summed E-state index contributed by atoms with van der Waals surface area (Å²) in [6.07, 6.45) is 2.91. The Kier molecular flexibility index (Phi) is 3.68. The van der Waals surface area contributed by atoms with E-state index in [2.05, 4.69) is 47.0 Å². The first kappa shape index (κ1) is 12.2. The van der Waals surface area contributed by atoms with Crippen molar-refractivity contribution in [3.8, 4) is 0 Å². The van der Waals surface area contributed by atoms with Crippen LogP contribution in [0.25, 0.3) is 0 Å². The molecule has 1 aliphatic rings. The second-order valence-electron chi connectivity index (χ2n) is 4.48. The number of likely N-dealkylation sites (N-methyl/N-ethyl adjacent to an activating group) is 1. The third-order valence-electron chi connectivity index (χ3n) is 3.47. The fourth-order valence-corrected chi connectivity index (χ4v) is 4.52. The maximum absolute atomic E-state index is 4.40. The predicted molar refractivity (Wildman–Crippen MR) is 78.6 cm³/mol. The monoisotopic (exact) mass is 276 g/mol. The van der Waals surface area contributed by atoms with Crippen LogP contribution in [-0.4, -0.2) is 23.8 Å². The molecule has 0 radical (unpaired) electrons. The fourth-order valence-electron chi connectivity index (χ4n) is 2.51. The zero-order chi connectivity index (χ0) is 12.4. The number of aromatic nitrogens is 1. The van der Waals surface area contributed by atoms with Gasteiger partial charge in [0.25, 0.3) is 0 Å². The zero-order valence-electron chi connectivity index (χ0n) is 10.3. The third kappa shape index (κ3) is 2.32. The maximum Gasteiger partial charge on any atom is 0.0940 e. The quantitative estimate of drug-likeness (QED) is 0.928. The van der Waals surface area contributed by atoms with Crippen molar-refractivity contribution in [2.45, 2.75) is 23.3 Å². The van der Waals surface area contributed by atoms with Gasteiger partial charge < -0.3 is 5.32 Å². The Morgan fingerprint density at radius 1 is 1.44 bits per heavy atom. The molecule has 0 saturated carbocycles. The van der Waals surface area contributed by atoms with Crippen LogP contribution in [0.5, 0.6) is 0 Å². The molecule has 18 heavy (non-hydrogen) atoms. The van der Waals surface area contributed by atoms with E-state index in [1.807, 2.05) is 18.0 Å². The van der Waals surface area contributed by atoms with Crippen LogP contribution >= 0.6 is 23.1 Å². The molecule has 1 aromatic heterocycles. The summed E-state index contributed by atoms with van der Waals surface area (Å²) in [6.45, 7) is 0. The maximum atomic E-state index is 4.40. The van der Waals surface area contributed by atoms with Crippen LogP contribution < -0.4 is 5.32 Å². The lowest BCUT2D eigenvalue weighted by atomic mass is 9.91. The molecule has 3 rings (SSSR count). The Morgan fingerprint density at radius 3 is 3.11 bits per heavy atom. The molecule has 2 heterocycles. The Hall–Kier alpha value is -0.840. The molecule has 2 unspecified atom stereocenters. The number of benzene rings is 1. The van der Waals surface area contributed by atoms with E-state index in [1.54, 1.807) is 11.3 Å². The third-order valence-corrected chi connectivity index (χ3v) is 5.48. The number of nitrogens with one attached hydrogen (secondary N) is 1. The van der Waals surface area contributed by atoms with Crippen molar-refractivity contribution >= 4 is 23.1 Å². The average molecular weight is 276 g/mol. The minimum Gasteiger partial charge on any atom is -0.316 e. The van der Waals surface area contributed by atoms with Crippen LogP contribution in [0.3, 0.4) is 0 Å². The molecule has 1 N–H and O–H groups in total. The van der Waals surface area contributed by atoms with Crippen molar-refractivity contribution < 1.29 is 0 Å². The highest BCUT2D eigenvalue weighted by Crippen LogP contribution is 2.41. The highest BCUT2D eigenvalue weighted by Gasteiger charge is 2.29. The lowest BCUT2D eigenvalue weighted by Gasteiger charge is -2.22. The number of fused-ring (bicyclic) bond motifs is 1. The zero-order valence-corrected chi connectivity index (χ0v) is 11.9. The molecule has 0 bridgehead atoms. The summed E-state index contributed by atoms with van der Waals surface area (Å²) in [5.74, 6) is 1.77. The van der Waals surface area contributed by atoms with Crippen molar-refractivity contribution in [1.29, 1.82) is 0 Å².